The molecule has 7 nitrogen and oxygen atoms in total. The van der Waals surface area contributed by atoms with Crippen molar-refractivity contribution in [3.63, 3.8) is 0 Å². The van der Waals surface area contributed by atoms with Crippen molar-refractivity contribution < 1.29 is 27.8 Å². The van der Waals surface area contributed by atoms with E-state index in [0.29, 0.717) is 11.4 Å². The molecule has 9 heteroatoms. The molecule has 0 saturated heterocycles. The number of benzene rings is 2. The Bertz CT molecular complexity index is 975. The molecular weight excluding hydrogens is 372 g/mol. The van der Waals surface area contributed by atoms with Gasteiger partial charge >= 0.3 is 6.61 Å². The fraction of sp³-hybridized carbons (Fsp3) is 0.158. The molecule has 3 rings (SSSR count). The van der Waals surface area contributed by atoms with Crippen LogP contribution in [0.15, 0.2) is 48.5 Å². The number of aromatic nitrogens is 2. The lowest BCUT2D eigenvalue weighted by Gasteiger charge is -2.11. The van der Waals surface area contributed by atoms with Gasteiger partial charge in [-0.1, -0.05) is 12.1 Å². The standard InChI is InChI=1S/C19H17F2N3O4/c1-26-14-6-4-3-5-12(14)13-10-17(24-23-13)22-18(25)11-7-8-15(28-19(20)21)16(9-11)27-2/h3-10,19H,1-2H3,(H2,22,23,24,25). The lowest BCUT2D eigenvalue weighted by atomic mass is 10.1. The van der Waals surface area contributed by atoms with Crippen molar-refractivity contribution in [2.75, 3.05) is 19.5 Å². The van der Waals surface area contributed by atoms with E-state index in [2.05, 4.69) is 20.3 Å². The molecule has 3 aromatic rings. The number of hydrogen-bond acceptors (Lipinski definition) is 5. The Morgan fingerprint density at radius 3 is 2.50 bits per heavy atom. The van der Waals surface area contributed by atoms with Crippen LogP contribution in [0.25, 0.3) is 11.3 Å². The molecule has 0 aliphatic carbocycles. The third-order valence-electron chi connectivity index (χ3n) is 3.86. The number of para-hydroxylation sites is 1. The van der Waals surface area contributed by atoms with Crippen molar-refractivity contribution >= 4 is 11.7 Å². The van der Waals surface area contributed by atoms with Gasteiger partial charge in [0.05, 0.1) is 19.9 Å². The van der Waals surface area contributed by atoms with Gasteiger partial charge < -0.3 is 19.5 Å². The average Bonchev–Trinajstić information content (AvgIpc) is 3.16. The van der Waals surface area contributed by atoms with E-state index in [9.17, 15) is 13.6 Å². The van der Waals surface area contributed by atoms with Gasteiger partial charge in [0.25, 0.3) is 5.91 Å². The van der Waals surface area contributed by atoms with E-state index in [1.807, 2.05) is 24.3 Å². The molecule has 0 fully saturated rings. The van der Waals surface area contributed by atoms with Crippen molar-refractivity contribution in [3.05, 3.63) is 54.1 Å². The van der Waals surface area contributed by atoms with Crippen LogP contribution in [-0.4, -0.2) is 36.9 Å². The highest BCUT2D eigenvalue weighted by atomic mass is 19.3. The number of rotatable bonds is 7. The van der Waals surface area contributed by atoms with Crippen LogP contribution in [0, 0.1) is 0 Å². The van der Waals surface area contributed by atoms with Crippen molar-refractivity contribution in [2.45, 2.75) is 6.61 Å². The number of amides is 1. The Hall–Kier alpha value is -3.62. The van der Waals surface area contributed by atoms with Crippen molar-refractivity contribution in [1.29, 1.82) is 0 Å². The molecule has 28 heavy (non-hydrogen) atoms. The Morgan fingerprint density at radius 2 is 1.79 bits per heavy atom. The number of nitrogens with one attached hydrogen (secondary N) is 2. The molecular formula is C19H17F2N3O4. The van der Waals surface area contributed by atoms with Crippen LogP contribution in [0.2, 0.25) is 0 Å². The second kappa shape index (κ2) is 8.38. The Kier molecular flexibility index (Phi) is 5.73. The topological polar surface area (TPSA) is 85.5 Å². The van der Waals surface area contributed by atoms with Gasteiger partial charge in [0.1, 0.15) is 5.75 Å². The summed E-state index contributed by atoms with van der Waals surface area (Å²) in [4.78, 5) is 12.5. The predicted molar refractivity (Wildman–Crippen MR) is 98.2 cm³/mol. The van der Waals surface area contributed by atoms with E-state index < -0.39 is 12.5 Å². The molecule has 0 radical (unpaired) electrons. The van der Waals surface area contributed by atoms with E-state index in [1.54, 1.807) is 13.2 Å². The fourth-order valence-electron chi connectivity index (χ4n) is 2.58. The van der Waals surface area contributed by atoms with Crippen LogP contribution in [0.1, 0.15) is 10.4 Å². The number of halogens is 2. The third kappa shape index (κ3) is 4.20. The number of ether oxygens (including phenoxy) is 3. The van der Waals surface area contributed by atoms with Crippen LogP contribution < -0.4 is 19.5 Å². The van der Waals surface area contributed by atoms with E-state index in [-0.39, 0.29) is 22.9 Å². The quantitative estimate of drug-likeness (QED) is 0.639. The van der Waals surface area contributed by atoms with Crippen LogP contribution in [-0.2, 0) is 0 Å². The molecule has 1 heterocycles. The van der Waals surface area contributed by atoms with Gasteiger partial charge in [0.2, 0.25) is 0 Å². The predicted octanol–water partition coefficient (Wildman–Crippen LogP) is 3.95. The Morgan fingerprint density at radius 1 is 1.04 bits per heavy atom. The first-order valence-corrected chi connectivity index (χ1v) is 8.15. The summed E-state index contributed by atoms with van der Waals surface area (Å²) in [6.07, 6.45) is 0. The van der Waals surface area contributed by atoms with Gasteiger partial charge in [-0.2, -0.15) is 13.9 Å². The monoisotopic (exact) mass is 389 g/mol. The Balaban J connectivity index is 1.78. The summed E-state index contributed by atoms with van der Waals surface area (Å²) in [5.41, 5.74) is 1.64. The van der Waals surface area contributed by atoms with Crippen LogP contribution >= 0.6 is 0 Å². The van der Waals surface area contributed by atoms with Crippen molar-refractivity contribution in [2.24, 2.45) is 0 Å². The van der Waals surface area contributed by atoms with Crippen molar-refractivity contribution in [3.8, 4) is 28.5 Å². The van der Waals surface area contributed by atoms with Crippen molar-refractivity contribution in [1.82, 2.24) is 10.2 Å². The zero-order valence-corrected chi connectivity index (χ0v) is 15.0. The number of carbonyl (C=O) groups is 1. The lowest BCUT2D eigenvalue weighted by molar-refractivity contribution is -0.0512. The molecule has 0 spiro atoms. The molecule has 1 amide bonds. The first-order valence-electron chi connectivity index (χ1n) is 8.15. The zero-order valence-electron chi connectivity index (χ0n) is 15.0. The van der Waals surface area contributed by atoms with Gasteiger partial charge in [-0.25, -0.2) is 0 Å². The number of hydrogen-bond donors (Lipinski definition) is 2. The third-order valence-corrected chi connectivity index (χ3v) is 3.86. The van der Waals surface area contributed by atoms with Crippen LogP contribution in [0.3, 0.4) is 0 Å². The van der Waals surface area contributed by atoms with Gasteiger partial charge in [-0.05, 0) is 30.3 Å². The van der Waals surface area contributed by atoms with Gasteiger partial charge in [-0.15, -0.1) is 0 Å². The van der Waals surface area contributed by atoms with Gasteiger partial charge in [0, 0.05) is 17.2 Å². The summed E-state index contributed by atoms with van der Waals surface area (Å²) in [6.45, 7) is -2.99. The highest BCUT2D eigenvalue weighted by Gasteiger charge is 2.16. The maximum atomic E-state index is 12.5. The molecule has 2 N–H and O–H groups in total. The molecule has 1 aromatic heterocycles. The maximum Gasteiger partial charge on any atom is 0.387 e. The largest absolute Gasteiger partial charge is 0.496 e. The average molecular weight is 389 g/mol. The summed E-state index contributed by atoms with van der Waals surface area (Å²) in [6, 6.07) is 12.9. The van der Waals surface area contributed by atoms with Gasteiger partial charge in [0.15, 0.2) is 17.3 Å². The SMILES string of the molecule is COc1cc(C(=O)Nc2cc(-c3ccccc3OC)[nH]n2)ccc1OC(F)F. The first-order chi connectivity index (χ1) is 13.5. The molecule has 0 unspecified atom stereocenters. The number of alkyl halides is 2. The molecule has 0 aliphatic rings. The van der Waals surface area contributed by atoms with Crippen LogP contribution in [0.5, 0.6) is 17.2 Å². The second-order valence-electron chi connectivity index (χ2n) is 5.57. The maximum absolute atomic E-state index is 12.5. The number of anilines is 1. The first kappa shape index (κ1) is 19.2. The zero-order chi connectivity index (χ0) is 20.1. The van der Waals surface area contributed by atoms with E-state index in [4.69, 9.17) is 9.47 Å². The van der Waals surface area contributed by atoms with Crippen LogP contribution in [0.4, 0.5) is 14.6 Å². The summed E-state index contributed by atoms with van der Waals surface area (Å²) < 4.78 is 39.5. The molecule has 0 bridgehead atoms. The minimum Gasteiger partial charge on any atom is -0.496 e. The number of methoxy groups -OCH3 is 2. The van der Waals surface area contributed by atoms with E-state index in [1.165, 1.54) is 25.3 Å². The summed E-state index contributed by atoms with van der Waals surface area (Å²) >= 11 is 0. The number of nitrogens with zero attached hydrogens (tertiary/aromatic N) is 1. The minimum absolute atomic E-state index is 0.0182. The minimum atomic E-state index is -2.99. The summed E-state index contributed by atoms with van der Waals surface area (Å²) in [5, 5.41) is 9.53. The molecule has 0 saturated carbocycles. The number of H-pyrrole nitrogens is 1. The summed E-state index contributed by atoms with van der Waals surface area (Å²) in [7, 11) is 2.86. The highest BCUT2D eigenvalue weighted by Crippen LogP contribution is 2.31. The van der Waals surface area contributed by atoms with Gasteiger partial charge in [-0.3, -0.25) is 9.89 Å². The molecule has 0 aliphatic heterocycles. The fourth-order valence-corrected chi connectivity index (χ4v) is 2.58. The molecule has 0 atom stereocenters. The molecule has 146 valence electrons. The smallest absolute Gasteiger partial charge is 0.387 e. The van der Waals surface area contributed by atoms with E-state index >= 15 is 0 Å². The molecule has 2 aromatic carbocycles. The highest BCUT2D eigenvalue weighted by molar-refractivity contribution is 6.04. The number of aromatic amines is 1. The summed E-state index contributed by atoms with van der Waals surface area (Å²) in [5.74, 6) is 0.318. The van der Waals surface area contributed by atoms with E-state index in [0.717, 1.165) is 5.56 Å². The number of carbonyl (C=O) groups excluding carboxylic acids is 1. The lowest BCUT2D eigenvalue weighted by Crippen LogP contribution is -2.12. The second-order valence-corrected chi connectivity index (χ2v) is 5.57. The normalized spacial score (nSPS) is 10.6. The Labute approximate surface area is 159 Å².